The molecule has 0 bridgehead atoms. The van der Waals surface area contributed by atoms with Gasteiger partial charge in [0.15, 0.2) is 0 Å². The Kier molecular flexibility index (Phi) is 9.27. The molecule has 0 N–H and O–H groups in total. The standard InChI is InChI=1S/C7H16S5/c8-1-2-12-6-7(3-9,4-10)5-11/h8-11H,1-6H2. The highest BCUT2D eigenvalue weighted by atomic mass is 32.2. The summed E-state index contributed by atoms with van der Waals surface area (Å²) in [4.78, 5) is 0. The summed E-state index contributed by atoms with van der Waals surface area (Å²) in [6, 6.07) is 0. The van der Waals surface area contributed by atoms with Gasteiger partial charge in [0, 0.05) is 16.9 Å². The number of rotatable bonds is 7. The Morgan fingerprint density at radius 3 is 1.75 bits per heavy atom. The maximum absolute atomic E-state index is 4.33. The van der Waals surface area contributed by atoms with E-state index in [1.807, 2.05) is 11.8 Å². The van der Waals surface area contributed by atoms with Crippen molar-refractivity contribution < 1.29 is 0 Å². The van der Waals surface area contributed by atoms with Crippen LogP contribution in [0.3, 0.4) is 0 Å². The maximum Gasteiger partial charge on any atom is 0.00575 e. The molecule has 12 heavy (non-hydrogen) atoms. The van der Waals surface area contributed by atoms with Crippen molar-refractivity contribution in [1.82, 2.24) is 0 Å². The third kappa shape index (κ3) is 4.84. The van der Waals surface area contributed by atoms with E-state index in [9.17, 15) is 0 Å². The van der Waals surface area contributed by atoms with Gasteiger partial charge in [-0.1, -0.05) is 0 Å². The molecule has 0 aliphatic heterocycles. The monoisotopic (exact) mass is 260 g/mol. The molecule has 5 heteroatoms. The van der Waals surface area contributed by atoms with Gasteiger partial charge < -0.3 is 0 Å². The van der Waals surface area contributed by atoms with Gasteiger partial charge in [0.05, 0.1) is 0 Å². The average molecular weight is 261 g/mol. The molecule has 0 aromatic carbocycles. The first-order valence-corrected chi connectivity index (χ1v) is 7.44. The van der Waals surface area contributed by atoms with E-state index >= 15 is 0 Å². The summed E-state index contributed by atoms with van der Waals surface area (Å²) in [6.07, 6.45) is 0. The van der Waals surface area contributed by atoms with Gasteiger partial charge in [-0.25, -0.2) is 0 Å². The van der Waals surface area contributed by atoms with Crippen LogP contribution < -0.4 is 0 Å². The van der Waals surface area contributed by atoms with Gasteiger partial charge in [-0.2, -0.15) is 62.3 Å². The molecule has 0 spiro atoms. The smallest absolute Gasteiger partial charge is 0.00575 e. The van der Waals surface area contributed by atoms with Crippen LogP contribution in [0.4, 0.5) is 0 Å². The topological polar surface area (TPSA) is 0 Å². The lowest BCUT2D eigenvalue weighted by atomic mass is 9.99. The van der Waals surface area contributed by atoms with E-state index < -0.39 is 0 Å². The number of thiol groups is 4. The van der Waals surface area contributed by atoms with Crippen LogP contribution >= 0.6 is 62.3 Å². The van der Waals surface area contributed by atoms with E-state index in [4.69, 9.17) is 0 Å². The summed E-state index contributed by atoms with van der Waals surface area (Å²) in [7, 11) is 0. The first-order valence-electron chi connectivity index (χ1n) is 3.76. The Bertz CT molecular complexity index is 93.7. The Labute approximate surface area is 102 Å². The Balaban J connectivity index is 3.76. The Hall–Kier alpha value is 1.75. The summed E-state index contributed by atoms with van der Waals surface area (Å²) in [5.74, 6) is 5.70. The molecule has 0 unspecified atom stereocenters. The molecule has 0 saturated carbocycles. The fraction of sp³-hybridized carbons (Fsp3) is 1.00. The predicted molar refractivity (Wildman–Crippen MR) is 75.2 cm³/mol. The van der Waals surface area contributed by atoms with E-state index in [0.717, 1.165) is 34.5 Å². The summed E-state index contributed by atoms with van der Waals surface area (Å²) in [5.41, 5.74) is 0.197. The Morgan fingerprint density at radius 1 is 0.917 bits per heavy atom. The number of hydrogen-bond donors (Lipinski definition) is 4. The molecular weight excluding hydrogens is 244 g/mol. The van der Waals surface area contributed by atoms with Crippen LogP contribution in [-0.2, 0) is 0 Å². The van der Waals surface area contributed by atoms with Crippen molar-refractivity contribution in [2.45, 2.75) is 0 Å². The predicted octanol–water partition coefficient (Wildman–Crippen LogP) is 2.43. The van der Waals surface area contributed by atoms with Crippen molar-refractivity contribution >= 4 is 62.3 Å². The molecule has 0 fully saturated rings. The van der Waals surface area contributed by atoms with Crippen LogP contribution in [0.5, 0.6) is 0 Å². The maximum atomic E-state index is 4.33. The molecule has 0 amide bonds. The van der Waals surface area contributed by atoms with Gasteiger partial charge in [0.2, 0.25) is 0 Å². The molecule has 74 valence electrons. The van der Waals surface area contributed by atoms with E-state index in [1.165, 1.54) is 0 Å². The van der Waals surface area contributed by atoms with Crippen molar-refractivity contribution in [3.63, 3.8) is 0 Å². The van der Waals surface area contributed by atoms with Crippen molar-refractivity contribution in [2.75, 3.05) is 34.5 Å². The van der Waals surface area contributed by atoms with Crippen molar-refractivity contribution in [3.05, 3.63) is 0 Å². The quantitative estimate of drug-likeness (QED) is 0.403. The van der Waals surface area contributed by atoms with E-state index in [0.29, 0.717) is 0 Å². The molecule has 0 aliphatic carbocycles. The summed E-state index contributed by atoms with van der Waals surface area (Å²) >= 11 is 19.1. The fourth-order valence-corrected chi connectivity index (χ4v) is 4.03. The summed E-state index contributed by atoms with van der Waals surface area (Å²) < 4.78 is 0. The SMILES string of the molecule is SCCSCC(CS)(CS)CS. The van der Waals surface area contributed by atoms with E-state index in [1.54, 1.807) is 0 Å². The van der Waals surface area contributed by atoms with Gasteiger partial charge in [-0.05, 0) is 23.0 Å². The fourth-order valence-electron chi connectivity index (χ4n) is 0.640. The van der Waals surface area contributed by atoms with Crippen LogP contribution in [0.25, 0.3) is 0 Å². The molecule has 0 rings (SSSR count). The van der Waals surface area contributed by atoms with Gasteiger partial charge in [-0.15, -0.1) is 0 Å². The molecule has 0 aromatic heterocycles. The van der Waals surface area contributed by atoms with Crippen LogP contribution in [0.15, 0.2) is 0 Å². The third-order valence-corrected chi connectivity index (χ3v) is 5.50. The van der Waals surface area contributed by atoms with Crippen LogP contribution in [0.1, 0.15) is 0 Å². The first kappa shape index (κ1) is 13.8. The van der Waals surface area contributed by atoms with Crippen LogP contribution in [0, 0.1) is 5.41 Å². The molecule has 0 aliphatic rings. The minimum absolute atomic E-state index is 0.197. The minimum atomic E-state index is 0.197. The van der Waals surface area contributed by atoms with Crippen molar-refractivity contribution in [1.29, 1.82) is 0 Å². The Morgan fingerprint density at radius 2 is 1.42 bits per heavy atom. The molecule has 0 saturated heterocycles. The molecular formula is C7H16S5. The number of thioether (sulfide) groups is 1. The van der Waals surface area contributed by atoms with Crippen LogP contribution in [0.2, 0.25) is 0 Å². The summed E-state index contributed by atoms with van der Waals surface area (Å²) in [5, 5.41) is 0. The van der Waals surface area contributed by atoms with Crippen molar-refractivity contribution in [3.8, 4) is 0 Å². The molecule has 0 heterocycles. The highest BCUT2D eigenvalue weighted by molar-refractivity contribution is 8.00. The van der Waals surface area contributed by atoms with E-state index in [-0.39, 0.29) is 5.41 Å². The number of hydrogen-bond acceptors (Lipinski definition) is 5. The van der Waals surface area contributed by atoms with Gasteiger partial charge in [0.1, 0.15) is 0 Å². The zero-order chi connectivity index (χ0) is 9.45. The van der Waals surface area contributed by atoms with Gasteiger partial charge >= 0.3 is 0 Å². The second-order valence-corrected chi connectivity index (χ2v) is 5.25. The normalized spacial score (nSPS) is 12.0. The molecule has 0 nitrogen and oxygen atoms in total. The van der Waals surface area contributed by atoms with Crippen LogP contribution in [-0.4, -0.2) is 34.5 Å². The molecule has 0 aromatic rings. The second kappa shape index (κ2) is 8.09. The lowest BCUT2D eigenvalue weighted by Crippen LogP contribution is -2.30. The minimum Gasteiger partial charge on any atom is -0.179 e. The third-order valence-electron chi connectivity index (χ3n) is 1.65. The van der Waals surface area contributed by atoms with Crippen molar-refractivity contribution in [2.24, 2.45) is 5.41 Å². The molecule has 0 atom stereocenters. The zero-order valence-corrected chi connectivity index (χ0v) is 11.3. The zero-order valence-electron chi connectivity index (χ0n) is 6.94. The first-order chi connectivity index (χ1) is 5.74. The highest BCUT2D eigenvalue weighted by Crippen LogP contribution is 2.27. The van der Waals surface area contributed by atoms with E-state index in [2.05, 4.69) is 50.5 Å². The molecule has 0 radical (unpaired) electrons. The lowest BCUT2D eigenvalue weighted by molar-refractivity contribution is 0.520. The van der Waals surface area contributed by atoms with Gasteiger partial charge in [-0.3, -0.25) is 0 Å². The summed E-state index contributed by atoms with van der Waals surface area (Å²) in [6.45, 7) is 0. The largest absolute Gasteiger partial charge is 0.179 e. The average Bonchev–Trinajstić information content (AvgIpc) is 2.14. The highest BCUT2D eigenvalue weighted by Gasteiger charge is 2.24. The van der Waals surface area contributed by atoms with Gasteiger partial charge in [0.25, 0.3) is 0 Å². The second-order valence-electron chi connectivity index (χ2n) is 2.75. The lowest BCUT2D eigenvalue weighted by Gasteiger charge is -2.28.